The fourth-order valence-corrected chi connectivity index (χ4v) is 3.27. The molecule has 0 radical (unpaired) electrons. The Morgan fingerprint density at radius 2 is 1.65 bits per heavy atom. The Labute approximate surface area is 182 Å². The summed E-state index contributed by atoms with van der Waals surface area (Å²) < 4.78 is 16.4. The minimum atomic E-state index is -0.394. The number of ether oxygens (including phenoxy) is 3. The van der Waals surface area contributed by atoms with Crippen molar-refractivity contribution < 1.29 is 23.8 Å². The topological polar surface area (TPSA) is 77.1 Å². The number of benzene rings is 2. The van der Waals surface area contributed by atoms with Crippen LogP contribution in [0.15, 0.2) is 54.2 Å². The molecule has 0 aromatic heterocycles. The van der Waals surface area contributed by atoms with E-state index in [2.05, 4.69) is 5.32 Å². The number of hydrogen-bond donors (Lipinski definition) is 1. The van der Waals surface area contributed by atoms with Crippen molar-refractivity contribution in [3.8, 4) is 11.5 Å². The molecule has 0 aliphatic carbocycles. The Morgan fingerprint density at radius 3 is 2.32 bits per heavy atom. The van der Waals surface area contributed by atoms with E-state index in [9.17, 15) is 9.59 Å². The largest absolute Gasteiger partial charge is 0.494 e. The summed E-state index contributed by atoms with van der Waals surface area (Å²) in [5.41, 5.74) is 1.79. The number of hydrogen-bond acceptors (Lipinski definition) is 6. The van der Waals surface area contributed by atoms with Crippen LogP contribution in [0.3, 0.4) is 0 Å². The molecule has 0 atom stereocenters. The number of nitrogens with zero attached hydrogens (tertiary/aromatic N) is 1. The quantitative estimate of drug-likeness (QED) is 0.554. The monoisotopic (exact) mass is 424 g/mol. The molecule has 7 nitrogen and oxygen atoms in total. The van der Waals surface area contributed by atoms with Gasteiger partial charge in [-0.3, -0.25) is 14.5 Å². The third kappa shape index (κ3) is 5.06. The normalized spacial score (nSPS) is 13.7. The summed E-state index contributed by atoms with van der Waals surface area (Å²) in [4.78, 5) is 27.5. The van der Waals surface area contributed by atoms with E-state index in [4.69, 9.17) is 14.2 Å². The first-order chi connectivity index (χ1) is 15.1. The van der Waals surface area contributed by atoms with Gasteiger partial charge in [0, 0.05) is 7.11 Å². The number of para-hydroxylation sites is 2. The zero-order chi connectivity index (χ0) is 22.2. The Morgan fingerprint density at radius 1 is 0.903 bits per heavy atom. The van der Waals surface area contributed by atoms with E-state index in [1.165, 1.54) is 12.0 Å². The van der Waals surface area contributed by atoms with E-state index in [1.807, 2.05) is 38.1 Å². The molecule has 164 valence electrons. The van der Waals surface area contributed by atoms with Crippen molar-refractivity contribution in [2.24, 2.45) is 0 Å². The number of rotatable bonds is 11. The van der Waals surface area contributed by atoms with Gasteiger partial charge in [-0.2, -0.15) is 0 Å². The van der Waals surface area contributed by atoms with E-state index in [0.717, 1.165) is 12.2 Å². The molecule has 7 heteroatoms. The number of carbonyl (C=O) groups is 2. The fraction of sp³-hybridized carbons (Fsp3) is 0.333. The molecule has 0 saturated heterocycles. The van der Waals surface area contributed by atoms with Gasteiger partial charge in [-0.15, -0.1) is 0 Å². The van der Waals surface area contributed by atoms with Gasteiger partial charge in [0.2, 0.25) is 0 Å². The predicted octanol–water partition coefficient (Wildman–Crippen LogP) is 3.71. The minimum absolute atomic E-state index is 0.174. The van der Waals surface area contributed by atoms with E-state index in [1.54, 1.807) is 24.3 Å². The molecule has 31 heavy (non-hydrogen) atoms. The summed E-state index contributed by atoms with van der Waals surface area (Å²) in [6.07, 6.45) is 0.904. The molecule has 1 N–H and O–H groups in total. The van der Waals surface area contributed by atoms with Crippen LogP contribution in [0.4, 0.5) is 5.69 Å². The van der Waals surface area contributed by atoms with Crippen LogP contribution in [0.25, 0.3) is 5.57 Å². The molecule has 2 amide bonds. The maximum Gasteiger partial charge on any atom is 0.278 e. The highest BCUT2D eigenvalue weighted by Crippen LogP contribution is 2.33. The van der Waals surface area contributed by atoms with Crippen LogP contribution in [0.5, 0.6) is 11.5 Å². The first kappa shape index (κ1) is 22.4. The smallest absolute Gasteiger partial charge is 0.278 e. The molecule has 0 bridgehead atoms. The van der Waals surface area contributed by atoms with Crippen molar-refractivity contribution in [1.29, 1.82) is 0 Å². The van der Waals surface area contributed by atoms with Gasteiger partial charge in [0.15, 0.2) is 0 Å². The number of nitrogens with one attached hydrogen (secondary N) is 1. The lowest BCUT2D eigenvalue weighted by Gasteiger charge is -2.15. The van der Waals surface area contributed by atoms with Crippen molar-refractivity contribution in [2.75, 3.05) is 38.8 Å². The van der Waals surface area contributed by atoms with Crippen LogP contribution in [-0.2, 0) is 14.3 Å². The van der Waals surface area contributed by atoms with Gasteiger partial charge < -0.3 is 19.5 Å². The summed E-state index contributed by atoms with van der Waals surface area (Å²) in [6, 6.07) is 14.5. The number of methoxy groups -OCH3 is 1. The van der Waals surface area contributed by atoms with Crippen LogP contribution in [0.2, 0.25) is 0 Å². The van der Waals surface area contributed by atoms with Crippen molar-refractivity contribution in [2.45, 2.75) is 20.3 Å². The van der Waals surface area contributed by atoms with Crippen LogP contribution < -0.4 is 14.8 Å². The molecule has 3 rings (SSSR count). The molecular weight excluding hydrogens is 396 g/mol. The molecule has 1 aliphatic rings. The third-order valence-corrected chi connectivity index (χ3v) is 4.75. The Balaban J connectivity index is 1.99. The van der Waals surface area contributed by atoms with Gasteiger partial charge in [-0.25, -0.2) is 0 Å². The summed E-state index contributed by atoms with van der Waals surface area (Å²) >= 11 is 0. The van der Waals surface area contributed by atoms with Gasteiger partial charge in [0.1, 0.15) is 17.2 Å². The van der Waals surface area contributed by atoms with Gasteiger partial charge in [-0.05, 0) is 43.2 Å². The van der Waals surface area contributed by atoms with Gasteiger partial charge in [0.25, 0.3) is 11.8 Å². The van der Waals surface area contributed by atoms with Crippen molar-refractivity contribution >= 4 is 23.1 Å². The number of imide groups is 1. The highest BCUT2D eigenvalue weighted by atomic mass is 16.5. The van der Waals surface area contributed by atoms with E-state index in [0.29, 0.717) is 35.8 Å². The van der Waals surface area contributed by atoms with Crippen LogP contribution in [0, 0.1) is 0 Å². The SMILES string of the molecule is CCCOc1ccc(C2=C(Nc3ccccc3OCC)C(=O)N(CCOC)C2=O)cc1. The lowest BCUT2D eigenvalue weighted by molar-refractivity contribution is -0.137. The average molecular weight is 424 g/mol. The lowest BCUT2D eigenvalue weighted by Crippen LogP contribution is -2.35. The van der Waals surface area contributed by atoms with Gasteiger partial charge in [0.05, 0.1) is 37.6 Å². The average Bonchev–Trinajstić information content (AvgIpc) is 3.02. The van der Waals surface area contributed by atoms with Crippen LogP contribution in [-0.4, -0.2) is 50.2 Å². The Kier molecular flexibility index (Phi) is 7.67. The molecular formula is C24H28N2O5. The summed E-state index contributed by atoms with van der Waals surface area (Å²) in [6.45, 7) is 5.46. The standard InChI is InChI=1S/C24H28N2O5/c1-4-15-31-18-12-10-17(11-13-18)21-22(24(28)26(23(21)27)14-16-29-3)25-19-8-6-7-9-20(19)30-5-2/h6-13,25H,4-5,14-16H2,1-3H3. The Bertz CT molecular complexity index is 953. The predicted molar refractivity (Wildman–Crippen MR) is 119 cm³/mol. The maximum atomic E-state index is 13.2. The second kappa shape index (κ2) is 10.6. The Hall–Kier alpha value is -3.32. The van der Waals surface area contributed by atoms with E-state index in [-0.39, 0.29) is 24.8 Å². The van der Waals surface area contributed by atoms with Gasteiger partial charge in [-0.1, -0.05) is 31.2 Å². The lowest BCUT2D eigenvalue weighted by atomic mass is 10.0. The number of amides is 2. The summed E-state index contributed by atoms with van der Waals surface area (Å²) in [7, 11) is 1.53. The zero-order valence-corrected chi connectivity index (χ0v) is 18.1. The minimum Gasteiger partial charge on any atom is -0.494 e. The fourth-order valence-electron chi connectivity index (χ4n) is 3.27. The van der Waals surface area contributed by atoms with Crippen LogP contribution >= 0.6 is 0 Å². The van der Waals surface area contributed by atoms with Crippen LogP contribution in [0.1, 0.15) is 25.8 Å². The molecule has 0 fully saturated rings. The third-order valence-electron chi connectivity index (χ3n) is 4.75. The molecule has 0 spiro atoms. The molecule has 1 heterocycles. The van der Waals surface area contributed by atoms with E-state index >= 15 is 0 Å². The van der Waals surface area contributed by atoms with Crippen molar-refractivity contribution in [3.63, 3.8) is 0 Å². The zero-order valence-electron chi connectivity index (χ0n) is 18.1. The highest BCUT2D eigenvalue weighted by Gasteiger charge is 2.39. The molecule has 2 aromatic carbocycles. The number of carbonyl (C=O) groups excluding carboxylic acids is 2. The van der Waals surface area contributed by atoms with Gasteiger partial charge >= 0.3 is 0 Å². The molecule has 0 saturated carbocycles. The molecule has 0 unspecified atom stereocenters. The first-order valence-corrected chi connectivity index (χ1v) is 10.4. The summed E-state index contributed by atoms with van der Waals surface area (Å²) in [5, 5.41) is 3.15. The molecule has 1 aliphatic heterocycles. The second-order valence-corrected chi connectivity index (χ2v) is 6.93. The maximum absolute atomic E-state index is 13.2. The van der Waals surface area contributed by atoms with Crippen molar-refractivity contribution in [1.82, 2.24) is 4.90 Å². The van der Waals surface area contributed by atoms with E-state index < -0.39 is 5.91 Å². The molecule has 2 aromatic rings. The summed E-state index contributed by atoms with van der Waals surface area (Å²) in [5.74, 6) is 0.571. The van der Waals surface area contributed by atoms with Crippen molar-refractivity contribution in [3.05, 3.63) is 59.8 Å². The first-order valence-electron chi connectivity index (χ1n) is 10.4. The second-order valence-electron chi connectivity index (χ2n) is 6.93. The highest BCUT2D eigenvalue weighted by molar-refractivity contribution is 6.36. The number of anilines is 1.